The third-order valence-electron chi connectivity index (χ3n) is 3.52. The van der Waals surface area contributed by atoms with Crippen LogP contribution in [0, 0.1) is 0 Å². The number of carbonyl (C=O) groups excluding carboxylic acids is 1. The fourth-order valence-electron chi connectivity index (χ4n) is 2.06. The minimum absolute atomic E-state index is 0.000438. The highest BCUT2D eigenvalue weighted by atomic mass is 16.2. The summed E-state index contributed by atoms with van der Waals surface area (Å²) < 4.78 is 0. The van der Waals surface area contributed by atoms with Crippen LogP contribution in [-0.4, -0.2) is 28.7 Å². The molecule has 1 fully saturated rings. The number of hydrogen-bond acceptors (Lipinski definition) is 4. The van der Waals surface area contributed by atoms with Crippen molar-refractivity contribution in [2.45, 2.75) is 38.1 Å². The van der Waals surface area contributed by atoms with Gasteiger partial charge in [0.2, 0.25) is 0 Å². The van der Waals surface area contributed by atoms with Crippen LogP contribution in [0.4, 0.5) is 5.82 Å². The lowest BCUT2D eigenvalue weighted by Gasteiger charge is -2.41. The topological polar surface area (TPSA) is 66.9 Å². The molecule has 1 amide bonds. The van der Waals surface area contributed by atoms with E-state index in [-0.39, 0.29) is 11.4 Å². The Labute approximate surface area is 101 Å². The van der Waals surface area contributed by atoms with Gasteiger partial charge in [0.25, 0.3) is 5.91 Å². The number of nitrogens with zero attached hydrogens (tertiary/aromatic N) is 2. The van der Waals surface area contributed by atoms with Crippen molar-refractivity contribution in [2.24, 2.45) is 0 Å². The number of aromatic nitrogens is 2. The molecule has 1 saturated carbocycles. The van der Waals surface area contributed by atoms with E-state index in [1.807, 2.05) is 0 Å². The van der Waals surface area contributed by atoms with E-state index in [1.165, 1.54) is 6.42 Å². The van der Waals surface area contributed by atoms with Gasteiger partial charge < -0.3 is 10.6 Å². The van der Waals surface area contributed by atoms with Gasteiger partial charge in [-0.2, -0.15) is 0 Å². The average molecular weight is 234 g/mol. The molecule has 0 aromatic carbocycles. The van der Waals surface area contributed by atoms with Crippen LogP contribution in [0.25, 0.3) is 0 Å². The predicted molar refractivity (Wildman–Crippen MR) is 65.9 cm³/mol. The molecule has 92 valence electrons. The van der Waals surface area contributed by atoms with Gasteiger partial charge in [-0.3, -0.25) is 4.79 Å². The van der Waals surface area contributed by atoms with Gasteiger partial charge in [-0.15, -0.1) is 10.2 Å². The summed E-state index contributed by atoms with van der Waals surface area (Å²) in [6.07, 6.45) is 4.30. The average Bonchev–Trinajstić information content (AvgIpc) is 2.33. The maximum Gasteiger partial charge on any atom is 0.272 e. The van der Waals surface area contributed by atoms with E-state index in [4.69, 9.17) is 0 Å². The number of rotatable bonds is 4. The summed E-state index contributed by atoms with van der Waals surface area (Å²) in [7, 11) is 1.77. The summed E-state index contributed by atoms with van der Waals surface area (Å²) in [4.78, 5) is 12.0. The van der Waals surface area contributed by atoms with Crippen molar-refractivity contribution in [3.8, 4) is 0 Å². The van der Waals surface area contributed by atoms with Gasteiger partial charge in [-0.05, 0) is 37.8 Å². The van der Waals surface area contributed by atoms with Crippen molar-refractivity contribution in [3.05, 3.63) is 17.8 Å². The van der Waals surface area contributed by atoms with Crippen LogP contribution < -0.4 is 10.6 Å². The van der Waals surface area contributed by atoms with E-state index in [9.17, 15) is 4.79 Å². The Morgan fingerprint density at radius 3 is 2.59 bits per heavy atom. The van der Waals surface area contributed by atoms with Crippen molar-refractivity contribution in [1.82, 2.24) is 15.5 Å². The van der Waals surface area contributed by atoms with Crippen LogP contribution in [0.2, 0.25) is 0 Å². The molecule has 5 nitrogen and oxygen atoms in total. The first kappa shape index (κ1) is 11.8. The minimum atomic E-state index is -0.123. The third-order valence-corrected chi connectivity index (χ3v) is 3.52. The Balaban J connectivity index is 2.03. The lowest BCUT2D eigenvalue weighted by atomic mass is 9.75. The van der Waals surface area contributed by atoms with Crippen molar-refractivity contribution < 1.29 is 4.79 Å². The number of amides is 1. The molecule has 2 N–H and O–H groups in total. The summed E-state index contributed by atoms with van der Waals surface area (Å²) in [5, 5.41) is 13.7. The fraction of sp³-hybridized carbons (Fsp3) is 0.583. The molecular formula is C12H18N4O. The van der Waals surface area contributed by atoms with Gasteiger partial charge in [0.05, 0.1) is 0 Å². The van der Waals surface area contributed by atoms with E-state index in [0.717, 1.165) is 19.3 Å². The highest BCUT2D eigenvalue weighted by molar-refractivity contribution is 5.92. The highest BCUT2D eigenvalue weighted by Gasteiger charge is 2.36. The Bertz CT molecular complexity index is 392. The Morgan fingerprint density at radius 2 is 2.18 bits per heavy atom. The zero-order chi connectivity index (χ0) is 12.3. The van der Waals surface area contributed by atoms with E-state index in [2.05, 4.69) is 27.8 Å². The Morgan fingerprint density at radius 1 is 1.41 bits per heavy atom. The lowest BCUT2D eigenvalue weighted by molar-refractivity contribution is 0.0814. The van der Waals surface area contributed by atoms with E-state index in [0.29, 0.717) is 11.5 Å². The summed E-state index contributed by atoms with van der Waals surface area (Å²) in [5.74, 6) is 0.539. The van der Waals surface area contributed by atoms with E-state index < -0.39 is 0 Å². The fourth-order valence-corrected chi connectivity index (χ4v) is 2.06. The summed E-state index contributed by atoms with van der Waals surface area (Å²) in [6, 6.07) is 3.44. The highest BCUT2D eigenvalue weighted by Crippen LogP contribution is 2.34. The van der Waals surface area contributed by atoms with Gasteiger partial charge in [0, 0.05) is 12.6 Å². The molecule has 0 aliphatic heterocycles. The first-order chi connectivity index (χ1) is 8.19. The molecule has 0 atom stereocenters. The van der Waals surface area contributed by atoms with Gasteiger partial charge in [0.15, 0.2) is 5.69 Å². The van der Waals surface area contributed by atoms with Gasteiger partial charge >= 0.3 is 0 Å². The van der Waals surface area contributed by atoms with Crippen molar-refractivity contribution in [3.63, 3.8) is 0 Å². The van der Waals surface area contributed by atoms with Crippen LogP contribution >= 0.6 is 0 Å². The molecule has 2 rings (SSSR count). The molecule has 17 heavy (non-hydrogen) atoms. The molecule has 1 aromatic rings. The van der Waals surface area contributed by atoms with Crippen LogP contribution in [0.15, 0.2) is 12.1 Å². The molecule has 0 spiro atoms. The first-order valence-electron chi connectivity index (χ1n) is 6.03. The van der Waals surface area contributed by atoms with Crippen LogP contribution in [-0.2, 0) is 0 Å². The molecule has 0 bridgehead atoms. The van der Waals surface area contributed by atoms with Crippen LogP contribution in [0.1, 0.15) is 43.1 Å². The Kier molecular flexibility index (Phi) is 3.26. The normalized spacial score (nSPS) is 17.1. The molecule has 5 heteroatoms. The molecule has 1 aliphatic carbocycles. The molecule has 0 unspecified atom stereocenters. The minimum Gasteiger partial charge on any atom is -0.372 e. The number of carbonyl (C=O) groups is 1. The van der Waals surface area contributed by atoms with Gasteiger partial charge in [0.1, 0.15) is 5.82 Å². The summed E-state index contributed by atoms with van der Waals surface area (Å²) in [6.45, 7) is 2.11. The molecule has 0 saturated heterocycles. The smallest absolute Gasteiger partial charge is 0.272 e. The first-order valence-corrected chi connectivity index (χ1v) is 6.03. The monoisotopic (exact) mass is 234 g/mol. The second kappa shape index (κ2) is 4.69. The van der Waals surface area contributed by atoms with Crippen molar-refractivity contribution >= 4 is 11.7 Å². The molecule has 0 radical (unpaired) electrons. The molecule has 1 aromatic heterocycles. The standard InChI is InChI=1S/C12H18N4O/c1-3-12(7-4-8-12)14-11(17)9-5-6-10(13-2)16-15-9/h5-6H,3-4,7-8H2,1-2H3,(H,13,16)(H,14,17). The number of anilines is 1. The zero-order valence-corrected chi connectivity index (χ0v) is 10.3. The summed E-state index contributed by atoms with van der Waals surface area (Å²) in [5.41, 5.74) is 0.379. The lowest BCUT2D eigenvalue weighted by Crippen LogP contribution is -2.53. The summed E-state index contributed by atoms with van der Waals surface area (Å²) >= 11 is 0. The van der Waals surface area contributed by atoms with Crippen molar-refractivity contribution in [1.29, 1.82) is 0 Å². The largest absolute Gasteiger partial charge is 0.372 e. The third kappa shape index (κ3) is 2.38. The molecule has 1 aliphatic rings. The van der Waals surface area contributed by atoms with Gasteiger partial charge in [-0.1, -0.05) is 6.92 Å². The SMILES string of the molecule is CCC1(NC(=O)c2ccc(NC)nn2)CCC1. The predicted octanol–water partition coefficient (Wildman–Crippen LogP) is 1.58. The van der Waals surface area contributed by atoms with Crippen LogP contribution in [0.3, 0.4) is 0 Å². The Hall–Kier alpha value is -1.65. The maximum absolute atomic E-state index is 12.0. The number of nitrogens with one attached hydrogen (secondary N) is 2. The second-order valence-electron chi connectivity index (χ2n) is 4.50. The van der Waals surface area contributed by atoms with Crippen LogP contribution in [0.5, 0.6) is 0 Å². The van der Waals surface area contributed by atoms with E-state index >= 15 is 0 Å². The zero-order valence-electron chi connectivity index (χ0n) is 10.3. The molecule has 1 heterocycles. The quantitative estimate of drug-likeness (QED) is 0.830. The van der Waals surface area contributed by atoms with E-state index in [1.54, 1.807) is 19.2 Å². The van der Waals surface area contributed by atoms with Crippen molar-refractivity contribution in [2.75, 3.05) is 12.4 Å². The number of hydrogen-bond donors (Lipinski definition) is 2. The second-order valence-corrected chi connectivity index (χ2v) is 4.50. The van der Waals surface area contributed by atoms with Gasteiger partial charge in [-0.25, -0.2) is 0 Å². The maximum atomic E-state index is 12.0. The molecular weight excluding hydrogens is 216 g/mol.